The molecule has 1 aliphatic heterocycles. The van der Waals surface area contributed by atoms with E-state index in [4.69, 9.17) is 9.72 Å². The van der Waals surface area contributed by atoms with Crippen molar-refractivity contribution in [3.8, 4) is 0 Å². The second-order valence-corrected chi connectivity index (χ2v) is 8.01. The number of aromatic nitrogens is 2. The fourth-order valence-corrected chi connectivity index (χ4v) is 4.53. The average Bonchev–Trinajstić information content (AvgIpc) is 3.21. The lowest BCUT2D eigenvalue weighted by molar-refractivity contribution is -0.120. The largest absolute Gasteiger partial charge is 0.378 e. The number of hydrogen-bond donors (Lipinski definition) is 1. The van der Waals surface area contributed by atoms with Gasteiger partial charge in [-0.1, -0.05) is 6.07 Å². The zero-order valence-electron chi connectivity index (χ0n) is 16.1. The van der Waals surface area contributed by atoms with Crippen molar-refractivity contribution >= 4 is 17.5 Å². The van der Waals surface area contributed by atoms with E-state index >= 15 is 0 Å². The second kappa shape index (κ2) is 7.51. The molecular formula is C22H26N4O2. The van der Waals surface area contributed by atoms with Gasteiger partial charge in [0.15, 0.2) is 0 Å². The van der Waals surface area contributed by atoms with Crippen LogP contribution in [0.2, 0.25) is 0 Å². The molecule has 1 amide bonds. The first-order chi connectivity index (χ1) is 13.8. The van der Waals surface area contributed by atoms with Crippen LogP contribution in [-0.4, -0.2) is 42.2 Å². The highest BCUT2D eigenvalue weighted by atomic mass is 16.5. The first kappa shape index (κ1) is 17.6. The summed E-state index contributed by atoms with van der Waals surface area (Å²) in [5, 5.41) is 3.13. The maximum absolute atomic E-state index is 12.8. The van der Waals surface area contributed by atoms with Gasteiger partial charge < -0.3 is 15.0 Å². The van der Waals surface area contributed by atoms with E-state index in [2.05, 4.69) is 27.3 Å². The third-order valence-electron chi connectivity index (χ3n) is 6.17. The van der Waals surface area contributed by atoms with Crippen molar-refractivity contribution in [1.82, 2.24) is 9.97 Å². The smallest absolute Gasteiger partial charge is 0.227 e. The highest BCUT2D eigenvalue weighted by Gasteiger charge is 2.27. The summed E-state index contributed by atoms with van der Waals surface area (Å²) in [6.07, 6.45) is 7.81. The number of ether oxygens (including phenoxy) is 1. The molecule has 0 unspecified atom stereocenters. The van der Waals surface area contributed by atoms with Crippen molar-refractivity contribution in [2.45, 2.75) is 38.5 Å². The van der Waals surface area contributed by atoms with Crippen LogP contribution in [0.5, 0.6) is 0 Å². The monoisotopic (exact) mass is 378 g/mol. The van der Waals surface area contributed by atoms with Crippen molar-refractivity contribution in [3.63, 3.8) is 0 Å². The fourth-order valence-electron chi connectivity index (χ4n) is 4.53. The molecule has 1 saturated heterocycles. The molecule has 146 valence electrons. The minimum Gasteiger partial charge on any atom is -0.378 e. The molecule has 0 spiro atoms. The Labute approximate surface area is 165 Å². The summed E-state index contributed by atoms with van der Waals surface area (Å²) in [5.41, 5.74) is 5.94. The number of nitrogens with zero attached hydrogens (tertiary/aromatic N) is 3. The maximum atomic E-state index is 12.8. The van der Waals surface area contributed by atoms with Gasteiger partial charge in [-0.3, -0.25) is 4.79 Å². The Morgan fingerprint density at radius 2 is 1.96 bits per heavy atom. The summed E-state index contributed by atoms with van der Waals surface area (Å²) in [6, 6.07) is 6.35. The molecule has 6 nitrogen and oxygen atoms in total. The Balaban J connectivity index is 1.25. The van der Waals surface area contributed by atoms with Gasteiger partial charge in [-0.2, -0.15) is 0 Å². The Kier molecular flexibility index (Phi) is 4.72. The lowest BCUT2D eigenvalue weighted by Crippen LogP contribution is -2.38. The van der Waals surface area contributed by atoms with Gasteiger partial charge in [-0.25, -0.2) is 9.97 Å². The molecule has 0 radical (unpaired) electrons. The highest BCUT2D eigenvalue weighted by molar-refractivity contribution is 5.93. The van der Waals surface area contributed by atoms with Gasteiger partial charge in [0.25, 0.3) is 0 Å². The molecule has 1 aromatic carbocycles. The summed E-state index contributed by atoms with van der Waals surface area (Å²) in [7, 11) is 0. The maximum Gasteiger partial charge on any atom is 0.227 e. The minimum atomic E-state index is -0.0152. The topological polar surface area (TPSA) is 67.4 Å². The number of anilines is 2. The van der Waals surface area contributed by atoms with Crippen molar-refractivity contribution < 1.29 is 9.53 Å². The molecule has 0 bridgehead atoms. The Bertz CT molecular complexity index is 892. The molecule has 1 aromatic heterocycles. The van der Waals surface area contributed by atoms with Crippen molar-refractivity contribution in [2.24, 2.45) is 5.92 Å². The van der Waals surface area contributed by atoms with Crippen LogP contribution in [0.4, 0.5) is 11.6 Å². The van der Waals surface area contributed by atoms with E-state index in [0.717, 1.165) is 81.3 Å². The zero-order valence-corrected chi connectivity index (χ0v) is 16.1. The predicted octanol–water partition coefficient (Wildman–Crippen LogP) is 2.55. The number of rotatable bonds is 3. The number of aryl methyl sites for hydroxylation is 3. The standard InChI is InChI=1S/C22H26N4O2/c27-21(24-19-6-4-15-2-1-3-16(15)13-19)17-5-7-20-18(12-17)14-23-22(25-20)26-8-10-28-11-9-26/h4,6,13-14,17H,1-3,5,7-12H2,(H,24,27)/t17-/m1/s1. The first-order valence-corrected chi connectivity index (χ1v) is 10.4. The SMILES string of the molecule is O=C(Nc1ccc2c(c1)CCC2)[C@@H]1CCc2nc(N3CCOCC3)ncc2C1. The molecule has 1 N–H and O–H groups in total. The summed E-state index contributed by atoms with van der Waals surface area (Å²) in [4.78, 5) is 24.3. The number of morpholine rings is 1. The van der Waals surface area contributed by atoms with E-state index in [1.54, 1.807) is 0 Å². The van der Waals surface area contributed by atoms with Gasteiger partial charge in [0, 0.05) is 36.6 Å². The van der Waals surface area contributed by atoms with Gasteiger partial charge >= 0.3 is 0 Å². The van der Waals surface area contributed by atoms with Gasteiger partial charge in [-0.05, 0) is 67.3 Å². The molecule has 0 saturated carbocycles. The average molecular weight is 378 g/mol. The van der Waals surface area contributed by atoms with Crippen LogP contribution in [-0.2, 0) is 35.2 Å². The van der Waals surface area contributed by atoms with Gasteiger partial charge in [0.05, 0.1) is 13.2 Å². The highest BCUT2D eigenvalue weighted by Crippen LogP contribution is 2.28. The molecule has 3 aliphatic rings. The minimum absolute atomic E-state index is 0.0152. The van der Waals surface area contributed by atoms with Crippen molar-refractivity contribution in [2.75, 3.05) is 36.5 Å². The number of amides is 1. The van der Waals surface area contributed by atoms with Crippen LogP contribution in [0.3, 0.4) is 0 Å². The van der Waals surface area contributed by atoms with Crippen LogP contribution in [0, 0.1) is 5.92 Å². The van der Waals surface area contributed by atoms with E-state index in [1.807, 2.05) is 12.3 Å². The molecule has 6 heteroatoms. The van der Waals surface area contributed by atoms with Crippen molar-refractivity contribution in [1.29, 1.82) is 0 Å². The van der Waals surface area contributed by atoms with E-state index in [1.165, 1.54) is 17.5 Å². The molecule has 2 aliphatic carbocycles. The van der Waals surface area contributed by atoms with Gasteiger partial charge in [-0.15, -0.1) is 0 Å². The van der Waals surface area contributed by atoms with Gasteiger partial charge in [0.1, 0.15) is 0 Å². The summed E-state index contributed by atoms with van der Waals surface area (Å²) in [6.45, 7) is 3.13. The molecule has 1 fully saturated rings. The quantitative estimate of drug-likeness (QED) is 0.889. The summed E-state index contributed by atoms with van der Waals surface area (Å²) >= 11 is 0. The Hall–Kier alpha value is -2.47. The molecular weight excluding hydrogens is 352 g/mol. The van der Waals surface area contributed by atoms with Crippen LogP contribution in [0.1, 0.15) is 35.2 Å². The van der Waals surface area contributed by atoms with Crippen LogP contribution in [0.25, 0.3) is 0 Å². The summed E-state index contributed by atoms with van der Waals surface area (Å²) < 4.78 is 5.41. The predicted molar refractivity (Wildman–Crippen MR) is 108 cm³/mol. The van der Waals surface area contributed by atoms with Gasteiger partial charge in [0.2, 0.25) is 11.9 Å². The number of benzene rings is 1. The molecule has 1 atom stereocenters. The van der Waals surface area contributed by atoms with E-state index in [9.17, 15) is 4.79 Å². The summed E-state index contributed by atoms with van der Waals surface area (Å²) in [5.74, 6) is 0.891. The number of carbonyl (C=O) groups is 1. The third kappa shape index (κ3) is 3.49. The number of fused-ring (bicyclic) bond motifs is 2. The third-order valence-corrected chi connectivity index (χ3v) is 6.17. The lowest BCUT2D eigenvalue weighted by atomic mass is 9.86. The normalized spacial score (nSPS) is 21.1. The molecule has 2 aromatic rings. The fraction of sp³-hybridized carbons (Fsp3) is 0.500. The molecule has 28 heavy (non-hydrogen) atoms. The van der Waals surface area contributed by atoms with Crippen LogP contribution in [0.15, 0.2) is 24.4 Å². The van der Waals surface area contributed by atoms with Crippen molar-refractivity contribution in [3.05, 3.63) is 46.8 Å². The number of hydrogen-bond acceptors (Lipinski definition) is 5. The Morgan fingerprint density at radius 3 is 2.86 bits per heavy atom. The molecule has 5 rings (SSSR count). The van der Waals surface area contributed by atoms with E-state index in [-0.39, 0.29) is 11.8 Å². The van der Waals surface area contributed by atoms with E-state index < -0.39 is 0 Å². The van der Waals surface area contributed by atoms with Crippen LogP contribution < -0.4 is 10.2 Å². The number of nitrogens with one attached hydrogen (secondary N) is 1. The molecule has 2 heterocycles. The van der Waals surface area contributed by atoms with Crippen LogP contribution >= 0.6 is 0 Å². The first-order valence-electron chi connectivity index (χ1n) is 10.4. The zero-order chi connectivity index (χ0) is 18.9. The lowest BCUT2D eigenvalue weighted by Gasteiger charge is -2.28. The number of carbonyl (C=O) groups excluding carboxylic acids is 1. The second-order valence-electron chi connectivity index (χ2n) is 8.01. The van der Waals surface area contributed by atoms with E-state index in [0.29, 0.717) is 0 Å². The Morgan fingerprint density at radius 1 is 1.11 bits per heavy atom.